The quantitative estimate of drug-likeness (QED) is 0.513. The molecule has 8 heteroatoms. The summed E-state index contributed by atoms with van der Waals surface area (Å²) in [5, 5.41) is 3.25. The van der Waals surface area contributed by atoms with Crippen molar-refractivity contribution in [1.82, 2.24) is 24.4 Å². The van der Waals surface area contributed by atoms with Crippen LogP contribution in [0, 0.1) is 5.92 Å². The lowest BCUT2D eigenvalue weighted by Gasteiger charge is -2.23. The van der Waals surface area contributed by atoms with E-state index in [2.05, 4.69) is 15.3 Å². The maximum absolute atomic E-state index is 13.5. The van der Waals surface area contributed by atoms with Gasteiger partial charge in [-0.3, -0.25) is 19.1 Å². The number of nitrogens with zero attached hydrogens (tertiary/aromatic N) is 5. The molecule has 4 heterocycles. The molecule has 1 N–H and O–H groups in total. The van der Waals surface area contributed by atoms with Gasteiger partial charge in [0.05, 0.1) is 5.69 Å². The molecular weight excluding hydrogens is 428 g/mol. The normalized spacial score (nSPS) is 16.9. The Labute approximate surface area is 199 Å². The molecule has 1 aliphatic heterocycles. The number of carbonyl (C=O) groups is 1. The maximum Gasteiger partial charge on any atom is 0.294 e. The molecule has 2 fully saturated rings. The summed E-state index contributed by atoms with van der Waals surface area (Å²) in [6.45, 7) is 2.82. The summed E-state index contributed by atoms with van der Waals surface area (Å²) in [7, 11) is 0. The number of carbonyl (C=O) groups excluding carboxylic acids is 1. The Morgan fingerprint density at radius 2 is 1.79 bits per heavy atom. The molecule has 3 aromatic heterocycles. The number of anilines is 1. The minimum atomic E-state index is -0.116. The Hall–Kier alpha value is -3.29. The van der Waals surface area contributed by atoms with Gasteiger partial charge in [-0.15, -0.1) is 0 Å². The van der Waals surface area contributed by atoms with Gasteiger partial charge in [-0.2, -0.15) is 0 Å². The molecule has 1 amide bonds. The van der Waals surface area contributed by atoms with Crippen molar-refractivity contribution in [3.8, 4) is 11.3 Å². The van der Waals surface area contributed by atoms with Crippen LogP contribution in [0.4, 0.5) is 5.82 Å². The second-order valence-corrected chi connectivity index (χ2v) is 9.42. The summed E-state index contributed by atoms with van der Waals surface area (Å²) in [6, 6.07) is 7.74. The maximum atomic E-state index is 13.5. The van der Waals surface area contributed by atoms with Crippen LogP contribution in [0.15, 0.2) is 41.5 Å². The Morgan fingerprint density at radius 1 is 0.971 bits per heavy atom. The lowest BCUT2D eigenvalue weighted by molar-refractivity contribution is -0.127. The first-order valence-electron chi connectivity index (χ1n) is 12.5. The van der Waals surface area contributed by atoms with Gasteiger partial charge in [-0.1, -0.05) is 19.3 Å². The number of likely N-dealkylation sites (tertiary alicyclic amines) is 1. The average molecular weight is 461 g/mol. The summed E-state index contributed by atoms with van der Waals surface area (Å²) in [6.07, 6.45) is 11.9. The van der Waals surface area contributed by atoms with Crippen molar-refractivity contribution in [2.24, 2.45) is 5.92 Å². The second kappa shape index (κ2) is 10.3. The van der Waals surface area contributed by atoms with Crippen molar-refractivity contribution < 1.29 is 4.79 Å². The van der Waals surface area contributed by atoms with Gasteiger partial charge in [0.2, 0.25) is 5.91 Å². The average Bonchev–Trinajstić information content (AvgIpc) is 3.29. The van der Waals surface area contributed by atoms with E-state index < -0.39 is 0 Å². The van der Waals surface area contributed by atoms with Crippen LogP contribution in [0.5, 0.6) is 0 Å². The summed E-state index contributed by atoms with van der Waals surface area (Å²) in [5.74, 6) is 1.08. The minimum Gasteiger partial charge on any atom is -0.365 e. The van der Waals surface area contributed by atoms with Crippen LogP contribution in [0.2, 0.25) is 0 Å². The van der Waals surface area contributed by atoms with Gasteiger partial charge in [-0.25, -0.2) is 9.97 Å². The van der Waals surface area contributed by atoms with Gasteiger partial charge in [0.25, 0.3) is 5.56 Å². The van der Waals surface area contributed by atoms with E-state index in [4.69, 9.17) is 4.98 Å². The number of amides is 1. The SMILES string of the molecule is O=C1CCCN1CCCNc1nc2ccc(-c3ccncc3)nc2n(CC2CCCCC2)c1=O. The third kappa shape index (κ3) is 4.95. The molecule has 0 spiro atoms. The number of fused-ring (bicyclic) bond motifs is 1. The topological polar surface area (TPSA) is 93.0 Å². The van der Waals surface area contributed by atoms with Gasteiger partial charge in [-0.05, 0) is 55.9 Å². The summed E-state index contributed by atoms with van der Waals surface area (Å²) < 4.78 is 1.83. The van der Waals surface area contributed by atoms with Crippen LogP contribution in [0.1, 0.15) is 51.4 Å². The molecule has 2 aliphatic rings. The number of nitrogens with one attached hydrogen (secondary N) is 1. The Kier molecular flexibility index (Phi) is 6.83. The molecule has 5 rings (SSSR count). The lowest BCUT2D eigenvalue weighted by atomic mass is 9.89. The zero-order valence-electron chi connectivity index (χ0n) is 19.6. The molecule has 1 saturated heterocycles. The highest BCUT2D eigenvalue weighted by Crippen LogP contribution is 2.26. The summed E-state index contributed by atoms with van der Waals surface area (Å²) >= 11 is 0. The number of hydrogen-bond donors (Lipinski definition) is 1. The molecule has 34 heavy (non-hydrogen) atoms. The molecular formula is C26H32N6O2. The zero-order chi connectivity index (χ0) is 23.3. The first-order chi connectivity index (χ1) is 16.7. The predicted molar refractivity (Wildman–Crippen MR) is 133 cm³/mol. The van der Waals surface area contributed by atoms with Crippen molar-refractivity contribution in [1.29, 1.82) is 0 Å². The van der Waals surface area contributed by atoms with E-state index in [1.54, 1.807) is 12.4 Å². The zero-order valence-corrected chi connectivity index (χ0v) is 19.6. The molecule has 8 nitrogen and oxygen atoms in total. The van der Waals surface area contributed by atoms with Gasteiger partial charge in [0.15, 0.2) is 11.5 Å². The number of pyridine rings is 2. The van der Waals surface area contributed by atoms with Crippen molar-refractivity contribution in [3.63, 3.8) is 0 Å². The first kappa shape index (κ1) is 22.5. The van der Waals surface area contributed by atoms with Crippen LogP contribution in [-0.2, 0) is 11.3 Å². The molecule has 3 aromatic rings. The monoisotopic (exact) mass is 460 g/mol. The van der Waals surface area contributed by atoms with Crippen molar-refractivity contribution in [3.05, 3.63) is 47.0 Å². The Morgan fingerprint density at radius 3 is 2.56 bits per heavy atom. The van der Waals surface area contributed by atoms with Crippen LogP contribution in [0.25, 0.3) is 22.4 Å². The van der Waals surface area contributed by atoms with Gasteiger partial charge < -0.3 is 10.2 Å². The van der Waals surface area contributed by atoms with Crippen molar-refractivity contribution >= 4 is 22.9 Å². The van der Waals surface area contributed by atoms with E-state index in [9.17, 15) is 9.59 Å². The Balaban J connectivity index is 1.42. The third-order valence-corrected chi connectivity index (χ3v) is 7.00. The molecule has 0 radical (unpaired) electrons. The van der Waals surface area contributed by atoms with E-state index in [1.165, 1.54) is 19.3 Å². The summed E-state index contributed by atoms with van der Waals surface area (Å²) in [4.78, 5) is 40.9. The van der Waals surface area contributed by atoms with Crippen molar-refractivity contribution in [2.45, 2.75) is 57.9 Å². The lowest BCUT2D eigenvalue weighted by Crippen LogP contribution is -2.31. The fourth-order valence-electron chi connectivity index (χ4n) is 5.13. The standard InChI is InChI=1S/C26H32N6O2/c33-23-8-4-16-31(23)17-5-13-28-24-26(34)32(18-19-6-2-1-3-7-19)25-22(29-24)10-9-21(30-25)20-11-14-27-15-12-20/h9-12,14-15,19H,1-8,13,16-18H2,(H,28,29). The molecule has 0 bridgehead atoms. The molecule has 0 unspecified atom stereocenters. The predicted octanol–water partition coefficient (Wildman–Crippen LogP) is 3.86. The number of hydrogen-bond acceptors (Lipinski definition) is 6. The van der Waals surface area contributed by atoms with Crippen LogP contribution < -0.4 is 10.9 Å². The summed E-state index contributed by atoms with van der Waals surface area (Å²) in [5.41, 5.74) is 3.01. The highest BCUT2D eigenvalue weighted by atomic mass is 16.2. The third-order valence-electron chi connectivity index (χ3n) is 7.00. The molecule has 0 atom stereocenters. The van der Waals surface area contributed by atoms with Gasteiger partial charge >= 0.3 is 0 Å². The van der Waals surface area contributed by atoms with E-state index in [0.29, 0.717) is 49.0 Å². The van der Waals surface area contributed by atoms with Crippen LogP contribution in [0.3, 0.4) is 0 Å². The molecule has 178 valence electrons. The largest absolute Gasteiger partial charge is 0.365 e. The van der Waals surface area contributed by atoms with E-state index in [-0.39, 0.29) is 11.5 Å². The van der Waals surface area contributed by atoms with Crippen LogP contribution in [-0.4, -0.2) is 50.0 Å². The highest BCUT2D eigenvalue weighted by Gasteiger charge is 2.21. The second-order valence-electron chi connectivity index (χ2n) is 9.42. The first-order valence-corrected chi connectivity index (χ1v) is 12.5. The number of rotatable bonds is 8. The van der Waals surface area contributed by atoms with E-state index >= 15 is 0 Å². The highest BCUT2D eigenvalue weighted by molar-refractivity contribution is 5.78. The smallest absolute Gasteiger partial charge is 0.294 e. The minimum absolute atomic E-state index is 0.116. The fourth-order valence-corrected chi connectivity index (χ4v) is 5.13. The van der Waals surface area contributed by atoms with E-state index in [1.807, 2.05) is 33.7 Å². The molecule has 0 aromatic carbocycles. The van der Waals surface area contributed by atoms with Crippen LogP contribution >= 0.6 is 0 Å². The van der Waals surface area contributed by atoms with Crippen molar-refractivity contribution in [2.75, 3.05) is 25.0 Å². The fraction of sp³-hybridized carbons (Fsp3) is 0.500. The van der Waals surface area contributed by atoms with Gasteiger partial charge in [0.1, 0.15) is 5.52 Å². The molecule has 1 saturated carbocycles. The Bertz CT molecular complexity index is 1200. The van der Waals surface area contributed by atoms with Gasteiger partial charge in [0, 0.05) is 50.6 Å². The number of aromatic nitrogens is 4. The molecule has 1 aliphatic carbocycles. The van der Waals surface area contributed by atoms with E-state index in [0.717, 1.165) is 43.5 Å².